The number of hydrogen-bond acceptors (Lipinski definition) is 5. The molecule has 2 fully saturated rings. The molecule has 0 bridgehead atoms. The van der Waals surface area contributed by atoms with Gasteiger partial charge in [0.25, 0.3) is 0 Å². The molecule has 0 radical (unpaired) electrons. The van der Waals surface area contributed by atoms with E-state index >= 15 is 0 Å². The average molecular weight is 319 g/mol. The second kappa shape index (κ2) is 7.53. The Hall–Kier alpha value is -0.700. The third-order valence-electron chi connectivity index (χ3n) is 4.05. The van der Waals surface area contributed by atoms with Crippen molar-refractivity contribution >= 4 is 15.9 Å². The predicted octanol–water partition coefficient (Wildman–Crippen LogP) is -0.894. The largest absolute Gasteiger partial charge is 0.379 e. The molecule has 2 saturated heterocycles. The molecule has 7 nitrogen and oxygen atoms in total. The monoisotopic (exact) mass is 319 g/mol. The van der Waals surface area contributed by atoms with E-state index in [0.717, 1.165) is 45.7 Å². The van der Waals surface area contributed by atoms with Crippen molar-refractivity contribution in [1.29, 1.82) is 0 Å². The van der Waals surface area contributed by atoms with Crippen LogP contribution in [0.4, 0.5) is 0 Å². The van der Waals surface area contributed by atoms with E-state index in [1.54, 1.807) is 0 Å². The van der Waals surface area contributed by atoms with Crippen molar-refractivity contribution in [2.75, 3.05) is 58.7 Å². The zero-order chi connectivity index (χ0) is 15.3. The van der Waals surface area contributed by atoms with Gasteiger partial charge in [0.2, 0.25) is 15.9 Å². The van der Waals surface area contributed by atoms with Gasteiger partial charge in [-0.25, -0.2) is 12.7 Å². The summed E-state index contributed by atoms with van der Waals surface area (Å²) in [6.07, 6.45) is 2.70. The highest BCUT2D eigenvalue weighted by Gasteiger charge is 2.29. The molecule has 2 aliphatic rings. The van der Waals surface area contributed by atoms with Gasteiger partial charge in [0.1, 0.15) is 0 Å². The van der Waals surface area contributed by atoms with Crippen LogP contribution >= 0.6 is 0 Å². The lowest BCUT2D eigenvalue weighted by Crippen LogP contribution is -2.47. The van der Waals surface area contributed by atoms with Crippen LogP contribution in [-0.4, -0.2) is 82.3 Å². The van der Waals surface area contributed by atoms with Gasteiger partial charge in [-0.3, -0.25) is 9.69 Å². The number of nitrogens with zero attached hydrogens (tertiary/aromatic N) is 2. The van der Waals surface area contributed by atoms with E-state index < -0.39 is 10.0 Å². The Kier molecular flexibility index (Phi) is 5.98. The number of piperidine rings is 1. The Balaban J connectivity index is 1.72. The number of amides is 1. The minimum atomic E-state index is -3.20. The van der Waals surface area contributed by atoms with Gasteiger partial charge in [0.15, 0.2) is 0 Å². The first kappa shape index (κ1) is 16.7. The van der Waals surface area contributed by atoms with E-state index in [1.807, 2.05) is 0 Å². The summed E-state index contributed by atoms with van der Waals surface area (Å²) in [5.41, 5.74) is 0. The molecule has 8 heteroatoms. The fourth-order valence-corrected chi connectivity index (χ4v) is 3.68. The van der Waals surface area contributed by atoms with Crippen LogP contribution in [-0.2, 0) is 19.6 Å². The van der Waals surface area contributed by atoms with E-state index in [1.165, 1.54) is 10.6 Å². The summed E-state index contributed by atoms with van der Waals surface area (Å²) < 4.78 is 29.8. The van der Waals surface area contributed by atoms with Gasteiger partial charge >= 0.3 is 0 Å². The molecule has 1 amide bonds. The Labute approximate surface area is 126 Å². The molecule has 1 atom stereocenters. The van der Waals surface area contributed by atoms with Crippen LogP contribution in [0.5, 0.6) is 0 Å². The summed E-state index contributed by atoms with van der Waals surface area (Å²) in [5.74, 6) is -0.255. The molecule has 0 aromatic heterocycles. The molecule has 21 heavy (non-hydrogen) atoms. The van der Waals surface area contributed by atoms with Crippen molar-refractivity contribution in [1.82, 2.24) is 14.5 Å². The van der Waals surface area contributed by atoms with E-state index in [0.29, 0.717) is 19.6 Å². The van der Waals surface area contributed by atoms with Crippen molar-refractivity contribution in [2.24, 2.45) is 5.92 Å². The summed E-state index contributed by atoms with van der Waals surface area (Å²) in [4.78, 5) is 14.4. The molecular weight excluding hydrogens is 294 g/mol. The van der Waals surface area contributed by atoms with Gasteiger partial charge in [0.05, 0.1) is 25.4 Å². The van der Waals surface area contributed by atoms with Crippen LogP contribution in [0.15, 0.2) is 0 Å². The molecule has 122 valence electrons. The number of nitrogens with one attached hydrogen (secondary N) is 1. The van der Waals surface area contributed by atoms with Crippen LogP contribution in [0.1, 0.15) is 12.8 Å². The molecule has 1 N–H and O–H groups in total. The number of rotatable bonds is 5. The third kappa shape index (κ3) is 5.21. The quantitative estimate of drug-likeness (QED) is 0.711. The second-order valence-electron chi connectivity index (χ2n) is 5.71. The van der Waals surface area contributed by atoms with Crippen LogP contribution in [0, 0.1) is 5.92 Å². The number of carbonyl (C=O) groups excluding carboxylic acids is 1. The summed E-state index contributed by atoms with van der Waals surface area (Å²) in [6, 6.07) is 0. The van der Waals surface area contributed by atoms with Crippen LogP contribution in [0.25, 0.3) is 0 Å². The standard InChI is InChI=1S/C13H25N3O4S/c1-21(18,19)16-5-2-3-12(11-16)13(17)14-4-6-15-7-9-20-10-8-15/h12H,2-11H2,1H3,(H,14,17)/t12-/m0/s1. The topological polar surface area (TPSA) is 79.0 Å². The van der Waals surface area contributed by atoms with Crippen LogP contribution in [0.3, 0.4) is 0 Å². The highest BCUT2D eigenvalue weighted by molar-refractivity contribution is 7.88. The van der Waals surface area contributed by atoms with Gasteiger partial charge < -0.3 is 10.1 Å². The third-order valence-corrected chi connectivity index (χ3v) is 5.32. The van der Waals surface area contributed by atoms with Crippen molar-refractivity contribution in [3.05, 3.63) is 0 Å². The molecule has 0 aliphatic carbocycles. The molecule has 0 spiro atoms. The highest BCUT2D eigenvalue weighted by Crippen LogP contribution is 2.18. The summed E-state index contributed by atoms with van der Waals surface area (Å²) in [6.45, 7) is 5.56. The lowest BCUT2D eigenvalue weighted by molar-refractivity contribution is -0.126. The lowest BCUT2D eigenvalue weighted by Gasteiger charge is -2.30. The molecule has 2 aliphatic heterocycles. The van der Waals surface area contributed by atoms with Crippen molar-refractivity contribution < 1.29 is 17.9 Å². The highest BCUT2D eigenvalue weighted by atomic mass is 32.2. The minimum Gasteiger partial charge on any atom is -0.379 e. The zero-order valence-corrected chi connectivity index (χ0v) is 13.4. The Morgan fingerprint density at radius 3 is 2.67 bits per heavy atom. The summed E-state index contributed by atoms with van der Waals surface area (Å²) >= 11 is 0. The maximum Gasteiger partial charge on any atom is 0.224 e. The Morgan fingerprint density at radius 1 is 1.29 bits per heavy atom. The second-order valence-corrected chi connectivity index (χ2v) is 7.69. The van der Waals surface area contributed by atoms with Crippen molar-refractivity contribution in [3.8, 4) is 0 Å². The first-order valence-electron chi connectivity index (χ1n) is 7.50. The molecule has 2 rings (SSSR count). The predicted molar refractivity (Wildman–Crippen MR) is 79.4 cm³/mol. The molecular formula is C13H25N3O4S. The van der Waals surface area contributed by atoms with Gasteiger partial charge in [-0.05, 0) is 12.8 Å². The Morgan fingerprint density at radius 2 is 2.00 bits per heavy atom. The number of carbonyl (C=O) groups is 1. The van der Waals surface area contributed by atoms with E-state index in [9.17, 15) is 13.2 Å². The molecule has 0 saturated carbocycles. The maximum atomic E-state index is 12.1. The van der Waals surface area contributed by atoms with Gasteiger partial charge in [-0.2, -0.15) is 0 Å². The van der Waals surface area contributed by atoms with E-state index in [4.69, 9.17) is 4.74 Å². The SMILES string of the molecule is CS(=O)(=O)N1CCC[C@H](C(=O)NCCN2CCOCC2)C1. The van der Waals surface area contributed by atoms with Gasteiger partial charge in [0, 0.05) is 39.3 Å². The fraction of sp³-hybridized carbons (Fsp3) is 0.923. The number of sulfonamides is 1. The van der Waals surface area contributed by atoms with Gasteiger partial charge in [-0.1, -0.05) is 0 Å². The first-order valence-corrected chi connectivity index (χ1v) is 9.34. The number of hydrogen-bond donors (Lipinski definition) is 1. The summed E-state index contributed by atoms with van der Waals surface area (Å²) in [7, 11) is -3.20. The minimum absolute atomic E-state index is 0.0309. The fourth-order valence-electron chi connectivity index (χ4n) is 2.76. The van der Waals surface area contributed by atoms with Crippen LogP contribution < -0.4 is 5.32 Å². The lowest BCUT2D eigenvalue weighted by atomic mass is 9.99. The van der Waals surface area contributed by atoms with Crippen LogP contribution in [0.2, 0.25) is 0 Å². The van der Waals surface area contributed by atoms with Gasteiger partial charge in [-0.15, -0.1) is 0 Å². The first-order chi connectivity index (χ1) is 9.97. The zero-order valence-electron chi connectivity index (χ0n) is 12.6. The molecule has 0 aromatic carbocycles. The van der Waals surface area contributed by atoms with Crippen molar-refractivity contribution in [2.45, 2.75) is 12.8 Å². The number of morpholine rings is 1. The molecule has 0 aromatic rings. The normalized spacial score (nSPS) is 25.7. The van der Waals surface area contributed by atoms with E-state index in [2.05, 4.69) is 10.2 Å². The summed E-state index contributed by atoms with van der Waals surface area (Å²) in [5, 5.41) is 2.93. The Bertz CT molecular complexity index is 448. The molecule has 0 unspecified atom stereocenters. The molecule has 2 heterocycles. The van der Waals surface area contributed by atoms with E-state index in [-0.39, 0.29) is 11.8 Å². The number of ether oxygens (including phenoxy) is 1. The maximum absolute atomic E-state index is 12.1. The van der Waals surface area contributed by atoms with Crippen molar-refractivity contribution in [3.63, 3.8) is 0 Å². The smallest absolute Gasteiger partial charge is 0.224 e. The average Bonchev–Trinajstić information content (AvgIpc) is 2.47.